The lowest BCUT2D eigenvalue weighted by molar-refractivity contribution is -0.148. The van der Waals surface area contributed by atoms with Gasteiger partial charge in [0.2, 0.25) is 5.16 Å². The molecule has 1 aliphatic carbocycles. The van der Waals surface area contributed by atoms with Crippen molar-refractivity contribution in [3.05, 3.63) is 17.0 Å². The van der Waals surface area contributed by atoms with Crippen molar-refractivity contribution in [2.24, 2.45) is 5.92 Å². The van der Waals surface area contributed by atoms with Crippen molar-refractivity contribution in [1.82, 2.24) is 24.9 Å². The van der Waals surface area contributed by atoms with Gasteiger partial charge in [-0.1, -0.05) is 11.8 Å². The Hall–Kier alpha value is -2.16. The predicted octanol–water partition coefficient (Wildman–Crippen LogP) is 1.46. The van der Waals surface area contributed by atoms with Gasteiger partial charge in [-0.2, -0.15) is 4.98 Å². The summed E-state index contributed by atoms with van der Waals surface area (Å²) in [5.74, 6) is 0.346. The number of carbonyl (C=O) groups excluding carboxylic acids is 2. The summed E-state index contributed by atoms with van der Waals surface area (Å²) >= 11 is 1.43. The van der Waals surface area contributed by atoms with Crippen LogP contribution in [-0.4, -0.2) is 50.4 Å². The SMILES string of the molecule is CSc1nc2nc(C)c(CC(=O)OCC(=O)N[C@@H](C)C3CC3)c(C)n2n1. The van der Waals surface area contributed by atoms with E-state index in [1.165, 1.54) is 11.8 Å². The molecule has 0 aliphatic heterocycles. The minimum absolute atomic E-state index is 0.0422. The van der Waals surface area contributed by atoms with E-state index in [1.807, 2.05) is 27.0 Å². The number of nitrogens with one attached hydrogen (secondary N) is 1. The molecule has 0 radical (unpaired) electrons. The molecule has 1 saturated carbocycles. The highest BCUT2D eigenvalue weighted by molar-refractivity contribution is 7.98. The van der Waals surface area contributed by atoms with E-state index in [9.17, 15) is 9.59 Å². The quantitative estimate of drug-likeness (QED) is 0.576. The minimum Gasteiger partial charge on any atom is -0.455 e. The molecule has 0 aromatic carbocycles. The molecule has 1 amide bonds. The number of esters is 1. The fourth-order valence-electron chi connectivity index (χ4n) is 2.88. The van der Waals surface area contributed by atoms with Crippen LogP contribution >= 0.6 is 11.8 Å². The average Bonchev–Trinajstić information content (AvgIpc) is 3.37. The summed E-state index contributed by atoms with van der Waals surface area (Å²) < 4.78 is 6.76. The summed E-state index contributed by atoms with van der Waals surface area (Å²) in [7, 11) is 0. The molecule has 0 bridgehead atoms. The van der Waals surface area contributed by atoms with Gasteiger partial charge in [0.1, 0.15) is 0 Å². The predicted molar refractivity (Wildman–Crippen MR) is 97.0 cm³/mol. The molecule has 1 N–H and O–H groups in total. The van der Waals surface area contributed by atoms with Gasteiger partial charge in [0, 0.05) is 23.0 Å². The normalized spacial score (nSPS) is 15.1. The number of aromatic nitrogens is 4. The Morgan fingerprint density at radius 3 is 2.73 bits per heavy atom. The minimum atomic E-state index is -0.461. The fourth-order valence-corrected chi connectivity index (χ4v) is 3.22. The number of aryl methyl sites for hydroxylation is 2. The van der Waals surface area contributed by atoms with E-state index >= 15 is 0 Å². The van der Waals surface area contributed by atoms with Gasteiger partial charge >= 0.3 is 5.97 Å². The summed E-state index contributed by atoms with van der Waals surface area (Å²) in [4.78, 5) is 32.8. The highest BCUT2D eigenvalue weighted by Crippen LogP contribution is 2.32. The molecule has 26 heavy (non-hydrogen) atoms. The number of ether oxygens (including phenoxy) is 1. The lowest BCUT2D eigenvalue weighted by Gasteiger charge is -2.13. The van der Waals surface area contributed by atoms with Crippen LogP contribution in [0.1, 0.15) is 36.7 Å². The van der Waals surface area contributed by atoms with E-state index in [0.29, 0.717) is 22.5 Å². The molecule has 0 unspecified atom stereocenters. The van der Waals surface area contributed by atoms with Gasteiger partial charge in [-0.25, -0.2) is 9.50 Å². The maximum Gasteiger partial charge on any atom is 0.310 e. The number of thioether (sulfide) groups is 1. The number of fused-ring (bicyclic) bond motifs is 1. The van der Waals surface area contributed by atoms with Gasteiger partial charge in [-0.05, 0) is 45.8 Å². The van der Waals surface area contributed by atoms with Crippen molar-refractivity contribution < 1.29 is 14.3 Å². The Labute approximate surface area is 156 Å². The zero-order chi connectivity index (χ0) is 18.8. The highest BCUT2D eigenvalue weighted by atomic mass is 32.2. The van der Waals surface area contributed by atoms with Crippen LogP contribution in [0, 0.1) is 19.8 Å². The van der Waals surface area contributed by atoms with Crippen molar-refractivity contribution in [3.63, 3.8) is 0 Å². The van der Waals surface area contributed by atoms with Crippen molar-refractivity contribution in [3.8, 4) is 0 Å². The van der Waals surface area contributed by atoms with Crippen molar-refractivity contribution in [2.45, 2.75) is 51.2 Å². The number of nitrogens with zero attached hydrogens (tertiary/aromatic N) is 4. The lowest BCUT2D eigenvalue weighted by Crippen LogP contribution is -2.37. The number of amides is 1. The third kappa shape index (κ3) is 4.14. The second-order valence-electron chi connectivity index (χ2n) is 6.60. The molecule has 2 aromatic heterocycles. The van der Waals surface area contributed by atoms with Crippen LogP contribution in [0.3, 0.4) is 0 Å². The van der Waals surface area contributed by atoms with E-state index in [0.717, 1.165) is 24.1 Å². The molecule has 3 rings (SSSR count). The van der Waals surface area contributed by atoms with Gasteiger partial charge in [0.15, 0.2) is 6.61 Å². The summed E-state index contributed by atoms with van der Waals surface area (Å²) in [6.07, 6.45) is 4.23. The molecule has 2 aromatic rings. The van der Waals surface area contributed by atoms with Crippen LogP contribution in [0.25, 0.3) is 5.78 Å². The summed E-state index contributed by atoms with van der Waals surface area (Å²) in [6.45, 7) is 5.41. The van der Waals surface area contributed by atoms with Gasteiger partial charge in [0.05, 0.1) is 6.42 Å². The third-order valence-corrected chi connectivity index (χ3v) is 5.15. The molecule has 0 saturated heterocycles. The molecule has 0 spiro atoms. The van der Waals surface area contributed by atoms with E-state index in [4.69, 9.17) is 4.74 Å². The molecule has 2 heterocycles. The first-order valence-electron chi connectivity index (χ1n) is 8.61. The van der Waals surface area contributed by atoms with Crippen LogP contribution < -0.4 is 5.32 Å². The topological polar surface area (TPSA) is 98.5 Å². The molecule has 1 atom stereocenters. The van der Waals surface area contributed by atoms with Gasteiger partial charge < -0.3 is 10.1 Å². The Kier molecular flexibility index (Phi) is 5.45. The smallest absolute Gasteiger partial charge is 0.310 e. The Bertz CT molecular complexity index is 847. The average molecular weight is 377 g/mol. The van der Waals surface area contributed by atoms with Gasteiger partial charge in [0.25, 0.3) is 11.7 Å². The van der Waals surface area contributed by atoms with E-state index < -0.39 is 5.97 Å². The first-order valence-corrected chi connectivity index (χ1v) is 9.83. The Balaban J connectivity index is 1.62. The summed E-state index contributed by atoms with van der Waals surface area (Å²) in [5, 5.41) is 7.85. The third-order valence-electron chi connectivity index (χ3n) is 4.62. The van der Waals surface area contributed by atoms with Crippen molar-refractivity contribution in [2.75, 3.05) is 12.9 Å². The van der Waals surface area contributed by atoms with Crippen LogP contribution in [0.2, 0.25) is 0 Å². The zero-order valence-electron chi connectivity index (χ0n) is 15.4. The monoisotopic (exact) mass is 377 g/mol. The fraction of sp³-hybridized carbons (Fsp3) is 0.588. The van der Waals surface area contributed by atoms with Crippen LogP contribution in [-0.2, 0) is 20.7 Å². The van der Waals surface area contributed by atoms with Crippen LogP contribution in [0.4, 0.5) is 0 Å². The maximum atomic E-state index is 12.2. The summed E-state index contributed by atoms with van der Waals surface area (Å²) in [6, 6.07) is 0.134. The van der Waals surface area contributed by atoms with E-state index in [1.54, 1.807) is 4.52 Å². The second kappa shape index (κ2) is 7.61. The number of carbonyl (C=O) groups is 2. The van der Waals surface area contributed by atoms with Gasteiger partial charge in [-0.3, -0.25) is 9.59 Å². The van der Waals surface area contributed by atoms with Crippen LogP contribution in [0.15, 0.2) is 5.16 Å². The maximum absolute atomic E-state index is 12.2. The van der Waals surface area contributed by atoms with E-state index in [2.05, 4.69) is 20.4 Å². The molecular weight excluding hydrogens is 354 g/mol. The highest BCUT2D eigenvalue weighted by Gasteiger charge is 2.29. The largest absolute Gasteiger partial charge is 0.455 e. The number of rotatable bonds is 7. The van der Waals surface area contributed by atoms with Crippen molar-refractivity contribution in [1.29, 1.82) is 0 Å². The standard InChI is InChI=1S/C17H23N5O3S/c1-9(12-5-6-12)18-14(23)8-25-15(24)7-13-10(2)19-16-20-17(26-4)21-22(16)11(13)3/h9,12H,5-8H2,1-4H3,(H,18,23)/t9-/m0/s1. The van der Waals surface area contributed by atoms with E-state index in [-0.39, 0.29) is 25.0 Å². The first kappa shape index (κ1) is 18.6. The zero-order valence-corrected chi connectivity index (χ0v) is 16.2. The van der Waals surface area contributed by atoms with Crippen LogP contribution in [0.5, 0.6) is 0 Å². The number of hydrogen-bond acceptors (Lipinski definition) is 7. The number of hydrogen-bond donors (Lipinski definition) is 1. The lowest BCUT2D eigenvalue weighted by atomic mass is 10.1. The Morgan fingerprint density at radius 2 is 2.08 bits per heavy atom. The van der Waals surface area contributed by atoms with Crippen molar-refractivity contribution >= 4 is 29.4 Å². The first-order chi connectivity index (χ1) is 12.4. The molecule has 8 nitrogen and oxygen atoms in total. The van der Waals surface area contributed by atoms with Gasteiger partial charge in [-0.15, -0.1) is 5.10 Å². The Morgan fingerprint density at radius 1 is 1.35 bits per heavy atom. The molecular formula is C17H23N5O3S. The molecule has 140 valence electrons. The molecule has 1 aliphatic rings. The summed E-state index contributed by atoms with van der Waals surface area (Å²) in [5.41, 5.74) is 2.25. The molecule has 9 heteroatoms. The molecule has 1 fully saturated rings. The second-order valence-corrected chi connectivity index (χ2v) is 7.38.